The summed E-state index contributed by atoms with van der Waals surface area (Å²) < 4.78 is 49.6. The zero-order valence-electron chi connectivity index (χ0n) is 18.1. The molecule has 9 nitrogen and oxygen atoms in total. The standard InChI is InChI=1S/C22H18Cl2FN3O6S/c1-28(35(31,32)18-8-2-15(25)3-9-18)16-4-6-17(7-5-16)33-13-21(30)34-12-20(29)27-22-19(24)10-14(23)11-26-22/h2-11H,12-13H2,1H3,(H,26,27,29). The van der Waals surface area contributed by atoms with E-state index < -0.39 is 40.9 Å². The van der Waals surface area contributed by atoms with Gasteiger partial charge in [0.15, 0.2) is 19.0 Å². The molecule has 2 aromatic carbocycles. The van der Waals surface area contributed by atoms with Crippen LogP contribution in [0.2, 0.25) is 10.0 Å². The number of hydrogen-bond acceptors (Lipinski definition) is 7. The van der Waals surface area contributed by atoms with Crippen molar-refractivity contribution >= 4 is 56.6 Å². The average molecular weight is 542 g/mol. The lowest BCUT2D eigenvalue weighted by Crippen LogP contribution is -2.26. The van der Waals surface area contributed by atoms with Crippen LogP contribution in [0.5, 0.6) is 5.75 Å². The van der Waals surface area contributed by atoms with E-state index in [1.807, 2.05) is 0 Å². The smallest absolute Gasteiger partial charge is 0.344 e. The number of ether oxygens (including phenoxy) is 2. The van der Waals surface area contributed by atoms with Crippen molar-refractivity contribution in [2.24, 2.45) is 0 Å². The summed E-state index contributed by atoms with van der Waals surface area (Å²) in [5, 5.41) is 2.80. The summed E-state index contributed by atoms with van der Waals surface area (Å²) in [6, 6.07) is 11.7. The minimum Gasteiger partial charge on any atom is -0.482 e. The molecule has 0 saturated carbocycles. The summed E-state index contributed by atoms with van der Waals surface area (Å²) in [4.78, 5) is 27.6. The second-order valence-electron chi connectivity index (χ2n) is 6.90. The van der Waals surface area contributed by atoms with Gasteiger partial charge in [-0.3, -0.25) is 9.10 Å². The summed E-state index contributed by atoms with van der Waals surface area (Å²) in [5.74, 6) is -1.69. The van der Waals surface area contributed by atoms with Crippen molar-refractivity contribution in [1.82, 2.24) is 4.98 Å². The fourth-order valence-electron chi connectivity index (χ4n) is 2.66. The van der Waals surface area contributed by atoms with Crippen LogP contribution in [0.1, 0.15) is 0 Å². The van der Waals surface area contributed by atoms with Crippen LogP contribution in [-0.4, -0.2) is 45.5 Å². The Bertz CT molecular complexity index is 1320. The second kappa shape index (κ2) is 11.3. The number of aromatic nitrogens is 1. The van der Waals surface area contributed by atoms with Gasteiger partial charge in [0.1, 0.15) is 11.6 Å². The molecule has 1 heterocycles. The number of hydrogen-bond donors (Lipinski definition) is 1. The Morgan fingerprint density at radius 1 is 1.06 bits per heavy atom. The third kappa shape index (κ3) is 7.04. The maximum absolute atomic E-state index is 13.1. The van der Waals surface area contributed by atoms with Gasteiger partial charge in [-0.1, -0.05) is 23.2 Å². The number of rotatable bonds is 9. The molecule has 3 aromatic rings. The Hall–Kier alpha value is -3.41. The molecule has 0 saturated heterocycles. The number of pyridine rings is 1. The number of benzene rings is 2. The minimum absolute atomic E-state index is 0.0670. The van der Waals surface area contributed by atoms with Crippen LogP contribution in [-0.2, 0) is 24.3 Å². The molecule has 0 fully saturated rings. The van der Waals surface area contributed by atoms with E-state index in [4.69, 9.17) is 32.7 Å². The molecule has 1 amide bonds. The zero-order chi connectivity index (χ0) is 25.6. The highest BCUT2D eigenvalue weighted by Crippen LogP contribution is 2.25. The lowest BCUT2D eigenvalue weighted by atomic mass is 10.3. The van der Waals surface area contributed by atoms with E-state index in [0.29, 0.717) is 10.7 Å². The third-order valence-corrected chi connectivity index (χ3v) is 6.75. The van der Waals surface area contributed by atoms with Gasteiger partial charge >= 0.3 is 5.97 Å². The first-order valence-corrected chi connectivity index (χ1v) is 12.0. The monoisotopic (exact) mass is 541 g/mol. The predicted octanol–water partition coefficient (Wildman–Crippen LogP) is 3.91. The van der Waals surface area contributed by atoms with Crippen molar-refractivity contribution in [3.63, 3.8) is 0 Å². The van der Waals surface area contributed by atoms with E-state index >= 15 is 0 Å². The Morgan fingerprint density at radius 3 is 2.34 bits per heavy atom. The molecule has 0 aliphatic carbocycles. The van der Waals surface area contributed by atoms with Crippen molar-refractivity contribution in [3.8, 4) is 5.75 Å². The molecule has 3 rings (SSSR count). The summed E-state index contributed by atoms with van der Waals surface area (Å²) in [7, 11) is -2.54. The average Bonchev–Trinajstić information content (AvgIpc) is 2.83. The van der Waals surface area contributed by atoms with E-state index in [2.05, 4.69) is 10.3 Å². The second-order valence-corrected chi connectivity index (χ2v) is 9.71. The molecule has 0 unspecified atom stereocenters. The molecule has 0 spiro atoms. The Balaban J connectivity index is 1.49. The number of nitrogens with one attached hydrogen (secondary N) is 1. The van der Waals surface area contributed by atoms with Gasteiger partial charge in [-0.15, -0.1) is 0 Å². The SMILES string of the molecule is CN(c1ccc(OCC(=O)OCC(=O)Nc2ncc(Cl)cc2Cl)cc1)S(=O)(=O)c1ccc(F)cc1. The molecule has 13 heteroatoms. The van der Waals surface area contributed by atoms with E-state index in [1.165, 1.54) is 55.7 Å². The number of halogens is 3. The van der Waals surface area contributed by atoms with Crippen molar-refractivity contribution in [3.05, 3.63) is 76.7 Å². The quantitative estimate of drug-likeness (QED) is 0.408. The molecule has 0 aliphatic heterocycles. The summed E-state index contributed by atoms with van der Waals surface area (Å²) in [5.41, 5.74) is 0.315. The molecule has 0 atom stereocenters. The van der Waals surface area contributed by atoms with E-state index in [9.17, 15) is 22.4 Å². The lowest BCUT2D eigenvalue weighted by Gasteiger charge is -2.19. The molecular formula is C22H18Cl2FN3O6S. The van der Waals surface area contributed by atoms with Gasteiger partial charge in [-0.05, 0) is 54.6 Å². The number of carbonyl (C=O) groups is 2. The van der Waals surface area contributed by atoms with Crippen LogP contribution in [0.25, 0.3) is 0 Å². The molecule has 0 radical (unpaired) electrons. The predicted molar refractivity (Wildman–Crippen MR) is 128 cm³/mol. The van der Waals surface area contributed by atoms with Gasteiger partial charge in [0.25, 0.3) is 15.9 Å². The maximum atomic E-state index is 13.1. The topological polar surface area (TPSA) is 115 Å². The zero-order valence-corrected chi connectivity index (χ0v) is 20.4. The molecule has 0 bridgehead atoms. The highest BCUT2D eigenvalue weighted by molar-refractivity contribution is 7.92. The minimum atomic E-state index is -3.90. The van der Waals surface area contributed by atoms with E-state index in [1.54, 1.807) is 0 Å². The third-order valence-electron chi connectivity index (χ3n) is 4.46. The van der Waals surface area contributed by atoms with E-state index in [0.717, 1.165) is 16.4 Å². The number of esters is 1. The Morgan fingerprint density at radius 2 is 1.71 bits per heavy atom. The van der Waals surface area contributed by atoms with Crippen molar-refractivity contribution < 1.29 is 31.9 Å². The van der Waals surface area contributed by atoms with Crippen LogP contribution >= 0.6 is 23.2 Å². The van der Waals surface area contributed by atoms with Gasteiger partial charge in [0.2, 0.25) is 0 Å². The van der Waals surface area contributed by atoms with Gasteiger partial charge < -0.3 is 14.8 Å². The van der Waals surface area contributed by atoms with Crippen molar-refractivity contribution in [2.45, 2.75) is 4.90 Å². The van der Waals surface area contributed by atoms with Crippen LogP contribution in [0.4, 0.5) is 15.9 Å². The molecule has 1 N–H and O–H groups in total. The fourth-order valence-corrected chi connectivity index (χ4v) is 4.28. The van der Waals surface area contributed by atoms with Crippen LogP contribution < -0.4 is 14.4 Å². The maximum Gasteiger partial charge on any atom is 0.344 e. The number of amides is 1. The Labute approximate surface area is 210 Å². The number of sulfonamides is 1. The molecule has 1 aromatic heterocycles. The molecule has 0 aliphatic rings. The lowest BCUT2D eigenvalue weighted by molar-refractivity contribution is -0.149. The summed E-state index contributed by atoms with van der Waals surface area (Å²) >= 11 is 11.6. The van der Waals surface area contributed by atoms with Crippen molar-refractivity contribution in [1.29, 1.82) is 0 Å². The van der Waals surface area contributed by atoms with Crippen molar-refractivity contribution in [2.75, 3.05) is 29.9 Å². The summed E-state index contributed by atoms with van der Waals surface area (Å²) in [6.45, 7) is -1.08. The van der Waals surface area contributed by atoms with Gasteiger partial charge in [-0.2, -0.15) is 0 Å². The highest BCUT2D eigenvalue weighted by Gasteiger charge is 2.21. The number of carbonyl (C=O) groups excluding carboxylic acids is 2. The first-order chi connectivity index (χ1) is 16.6. The fraction of sp³-hybridized carbons (Fsp3) is 0.136. The number of anilines is 2. The molecule has 35 heavy (non-hydrogen) atoms. The molecule has 184 valence electrons. The van der Waals surface area contributed by atoms with Crippen LogP contribution in [0.3, 0.4) is 0 Å². The molecular weight excluding hydrogens is 524 g/mol. The van der Waals surface area contributed by atoms with Crippen LogP contribution in [0.15, 0.2) is 65.7 Å². The van der Waals surface area contributed by atoms with Crippen LogP contribution in [0, 0.1) is 5.82 Å². The van der Waals surface area contributed by atoms with Gasteiger partial charge in [-0.25, -0.2) is 22.6 Å². The number of nitrogens with zero attached hydrogens (tertiary/aromatic N) is 2. The first-order valence-electron chi connectivity index (χ1n) is 9.80. The first kappa shape index (κ1) is 26.2. The largest absolute Gasteiger partial charge is 0.482 e. The normalized spacial score (nSPS) is 11.0. The van der Waals surface area contributed by atoms with Gasteiger partial charge in [0, 0.05) is 13.2 Å². The van der Waals surface area contributed by atoms with Gasteiger partial charge in [0.05, 0.1) is 20.6 Å². The highest BCUT2D eigenvalue weighted by atomic mass is 35.5. The Kier molecular flexibility index (Phi) is 8.49. The summed E-state index contributed by atoms with van der Waals surface area (Å²) in [6.07, 6.45) is 1.30. The van der Waals surface area contributed by atoms with E-state index in [-0.39, 0.29) is 21.5 Å².